The fraction of sp³-hybridized carbons (Fsp3) is 0.190. The summed E-state index contributed by atoms with van der Waals surface area (Å²) in [5, 5.41) is 2.15. The summed E-state index contributed by atoms with van der Waals surface area (Å²) in [7, 11) is -7.50. The Bertz CT molecular complexity index is 1230. The lowest BCUT2D eigenvalue weighted by atomic mass is 10.0. The summed E-state index contributed by atoms with van der Waals surface area (Å²) in [6, 6.07) is 16.7. The van der Waals surface area contributed by atoms with Crippen LogP contribution >= 0.6 is 0 Å². The standard InChI is InChI=1S/C21H20N2O4S2/c24-28(25)15-20(29(26,27)18-8-2-1-3-9-18)21-17(7-4-10-19(21)28)14-23-13-16-6-5-11-22-12-16/h1-12,20,23H,13-15H2. The van der Waals surface area contributed by atoms with Crippen LogP contribution < -0.4 is 5.32 Å². The molecule has 1 aromatic heterocycles. The van der Waals surface area contributed by atoms with Gasteiger partial charge in [0.05, 0.1) is 15.5 Å². The topological polar surface area (TPSA) is 93.2 Å². The number of benzene rings is 2. The molecular formula is C21H20N2O4S2. The average molecular weight is 429 g/mol. The third-order valence-corrected chi connectivity index (χ3v) is 9.09. The molecule has 29 heavy (non-hydrogen) atoms. The van der Waals surface area contributed by atoms with Crippen LogP contribution in [0.3, 0.4) is 0 Å². The summed E-state index contributed by atoms with van der Waals surface area (Å²) in [4.78, 5) is 4.31. The minimum atomic E-state index is -3.84. The summed E-state index contributed by atoms with van der Waals surface area (Å²) in [6.07, 6.45) is 3.44. The first-order valence-corrected chi connectivity index (χ1v) is 12.3. The fourth-order valence-electron chi connectivity index (χ4n) is 3.62. The highest BCUT2D eigenvalue weighted by Crippen LogP contribution is 2.42. The van der Waals surface area contributed by atoms with Crippen LogP contribution in [0.25, 0.3) is 0 Å². The molecule has 2 heterocycles. The SMILES string of the molecule is O=S1(=O)CC(S(=O)(=O)c2ccccc2)c2c(CNCc3cccnc3)cccc21. The van der Waals surface area contributed by atoms with Crippen LogP contribution in [-0.4, -0.2) is 27.6 Å². The number of rotatable bonds is 6. The lowest BCUT2D eigenvalue weighted by Crippen LogP contribution is -2.19. The van der Waals surface area contributed by atoms with E-state index in [1.165, 1.54) is 18.2 Å². The van der Waals surface area contributed by atoms with E-state index in [0.717, 1.165) is 5.56 Å². The van der Waals surface area contributed by atoms with Gasteiger partial charge in [-0.25, -0.2) is 16.8 Å². The fourth-order valence-corrected chi connectivity index (χ4v) is 8.04. The molecule has 1 aliphatic heterocycles. The summed E-state index contributed by atoms with van der Waals surface area (Å²) < 4.78 is 51.9. The second-order valence-electron chi connectivity index (χ2n) is 6.92. The highest BCUT2D eigenvalue weighted by molar-refractivity contribution is 7.96. The van der Waals surface area contributed by atoms with Crippen LogP contribution in [0.15, 0.2) is 82.8 Å². The molecule has 4 rings (SSSR count). The van der Waals surface area contributed by atoms with E-state index < -0.39 is 30.7 Å². The molecule has 150 valence electrons. The van der Waals surface area contributed by atoms with Crippen molar-refractivity contribution >= 4 is 19.7 Å². The molecule has 3 aromatic rings. The quantitative estimate of drug-likeness (QED) is 0.649. The predicted molar refractivity (Wildman–Crippen MR) is 110 cm³/mol. The highest BCUT2D eigenvalue weighted by Gasteiger charge is 2.44. The second kappa shape index (κ2) is 7.70. The predicted octanol–water partition coefficient (Wildman–Crippen LogP) is 2.67. The number of hydrogen-bond acceptors (Lipinski definition) is 6. The Labute approximate surface area is 170 Å². The van der Waals surface area contributed by atoms with Crippen LogP contribution in [-0.2, 0) is 32.8 Å². The van der Waals surface area contributed by atoms with Crippen LogP contribution in [0.4, 0.5) is 0 Å². The van der Waals surface area contributed by atoms with E-state index in [1.54, 1.807) is 42.7 Å². The Balaban J connectivity index is 1.69. The van der Waals surface area contributed by atoms with E-state index in [1.807, 2.05) is 12.1 Å². The zero-order valence-electron chi connectivity index (χ0n) is 15.5. The van der Waals surface area contributed by atoms with Crippen LogP contribution in [0.1, 0.15) is 21.9 Å². The number of pyridine rings is 1. The zero-order chi connectivity index (χ0) is 20.5. The Morgan fingerprint density at radius 3 is 2.48 bits per heavy atom. The summed E-state index contributed by atoms with van der Waals surface area (Å²) in [5.41, 5.74) is 2.05. The molecule has 1 atom stereocenters. The van der Waals surface area contributed by atoms with E-state index >= 15 is 0 Å². The van der Waals surface area contributed by atoms with Crippen molar-refractivity contribution in [3.8, 4) is 0 Å². The molecule has 0 aliphatic carbocycles. The third kappa shape index (κ3) is 3.83. The summed E-state index contributed by atoms with van der Waals surface area (Å²) in [5.74, 6) is -0.431. The average Bonchev–Trinajstić information content (AvgIpc) is 3.02. The maximum atomic E-state index is 13.2. The number of sulfone groups is 2. The van der Waals surface area contributed by atoms with Gasteiger partial charge in [0.1, 0.15) is 5.25 Å². The maximum absolute atomic E-state index is 13.2. The minimum absolute atomic E-state index is 0.114. The Morgan fingerprint density at radius 2 is 1.76 bits per heavy atom. The van der Waals surface area contributed by atoms with Crippen molar-refractivity contribution in [1.29, 1.82) is 0 Å². The number of nitrogens with one attached hydrogen (secondary N) is 1. The molecule has 0 fully saturated rings. The van der Waals surface area contributed by atoms with Gasteiger partial charge in [-0.1, -0.05) is 36.4 Å². The van der Waals surface area contributed by atoms with Gasteiger partial charge in [-0.15, -0.1) is 0 Å². The minimum Gasteiger partial charge on any atom is -0.309 e. The number of nitrogens with zero attached hydrogens (tertiary/aromatic N) is 1. The summed E-state index contributed by atoms with van der Waals surface area (Å²) in [6.45, 7) is 0.898. The molecule has 2 aromatic carbocycles. The number of hydrogen-bond donors (Lipinski definition) is 1. The molecule has 8 heteroatoms. The molecule has 0 saturated heterocycles. The lowest BCUT2D eigenvalue weighted by Gasteiger charge is -2.16. The largest absolute Gasteiger partial charge is 0.309 e. The van der Waals surface area contributed by atoms with Gasteiger partial charge in [-0.2, -0.15) is 0 Å². The molecule has 1 aliphatic rings. The van der Waals surface area contributed by atoms with E-state index in [0.29, 0.717) is 24.2 Å². The number of fused-ring (bicyclic) bond motifs is 1. The first-order valence-electron chi connectivity index (χ1n) is 9.13. The van der Waals surface area contributed by atoms with Crippen LogP contribution in [0.2, 0.25) is 0 Å². The Kier molecular flexibility index (Phi) is 5.24. The van der Waals surface area contributed by atoms with E-state index in [2.05, 4.69) is 10.3 Å². The molecular weight excluding hydrogens is 408 g/mol. The molecule has 6 nitrogen and oxygen atoms in total. The first-order chi connectivity index (χ1) is 13.9. The second-order valence-corrected chi connectivity index (χ2v) is 11.1. The Morgan fingerprint density at radius 1 is 0.966 bits per heavy atom. The van der Waals surface area contributed by atoms with Crippen molar-refractivity contribution in [2.24, 2.45) is 0 Å². The monoisotopic (exact) mass is 428 g/mol. The molecule has 0 spiro atoms. The van der Waals surface area contributed by atoms with Gasteiger partial charge in [0, 0.05) is 25.5 Å². The van der Waals surface area contributed by atoms with Gasteiger partial charge < -0.3 is 5.32 Å². The third-order valence-electron chi connectivity index (χ3n) is 5.00. The smallest absolute Gasteiger partial charge is 0.186 e. The van der Waals surface area contributed by atoms with Gasteiger partial charge in [-0.05, 0) is 41.0 Å². The lowest BCUT2D eigenvalue weighted by molar-refractivity contribution is 0.581. The molecule has 1 N–H and O–H groups in total. The maximum Gasteiger partial charge on any atom is 0.186 e. The number of aromatic nitrogens is 1. The first kappa shape index (κ1) is 19.8. The zero-order valence-corrected chi connectivity index (χ0v) is 17.2. The van der Waals surface area contributed by atoms with Gasteiger partial charge >= 0.3 is 0 Å². The van der Waals surface area contributed by atoms with Crippen LogP contribution in [0.5, 0.6) is 0 Å². The van der Waals surface area contributed by atoms with Gasteiger partial charge in [0.15, 0.2) is 19.7 Å². The van der Waals surface area contributed by atoms with Crippen molar-refractivity contribution in [3.63, 3.8) is 0 Å². The van der Waals surface area contributed by atoms with Gasteiger partial charge in [0.2, 0.25) is 0 Å². The molecule has 0 radical (unpaired) electrons. The Hall–Kier alpha value is -2.55. The molecule has 0 amide bonds. The van der Waals surface area contributed by atoms with Crippen molar-refractivity contribution in [3.05, 3.63) is 89.7 Å². The molecule has 0 saturated carbocycles. The van der Waals surface area contributed by atoms with E-state index in [-0.39, 0.29) is 9.79 Å². The van der Waals surface area contributed by atoms with Crippen molar-refractivity contribution in [2.45, 2.75) is 28.1 Å². The molecule has 0 bridgehead atoms. The van der Waals surface area contributed by atoms with Crippen molar-refractivity contribution in [2.75, 3.05) is 5.75 Å². The highest BCUT2D eigenvalue weighted by atomic mass is 32.2. The van der Waals surface area contributed by atoms with Crippen molar-refractivity contribution in [1.82, 2.24) is 10.3 Å². The van der Waals surface area contributed by atoms with Gasteiger partial charge in [0.25, 0.3) is 0 Å². The van der Waals surface area contributed by atoms with Crippen molar-refractivity contribution < 1.29 is 16.8 Å². The summed E-state index contributed by atoms with van der Waals surface area (Å²) >= 11 is 0. The molecule has 1 unspecified atom stereocenters. The van der Waals surface area contributed by atoms with E-state index in [9.17, 15) is 16.8 Å². The van der Waals surface area contributed by atoms with Crippen LogP contribution in [0, 0.1) is 0 Å². The normalized spacial score (nSPS) is 17.7. The van der Waals surface area contributed by atoms with Gasteiger partial charge in [-0.3, -0.25) is 4.98 Å². The van der Waals surface area contributed by atoms with E-state index in [4.69, 9.17) is 0 Å².